The van der Waals surface area contributed by atoms with Gasteiger partial charge in [-0.05, 0) is 64.9 Å². The number of allylic oxidation sites excluding steroid dienone is 1. The number of hydrogen-bond donors (Lipinski definition) is 2. The Labute approximate surface area is 212 Å². The van der Waals surface area contributed by atoms with Crippen molar-refractivity contribution in [2.45, 2.75) is 0 Å². The van der Waals surface area contributed by atoms with Gasteiger partial charge < -0.3 is 4.90 Å². The van der Waals surface area contributed by atoms with Gasteiger partial charge in [-0.15, -0.1) is 11.3 Å². The average molecular weight is 480 g/mol. The third-order valence-corrected chi connectivity index (χ3v) is 8.01. The van der Waals surface area contributed by atoms with Crippen LogP contribution in [0.15, 0.2) is 109 Å². The number of rotatable bonds is 3. The Bertz CT molecular complexity index is 1880. The second kappa shape index (κ2) is 8.01. The summed E-state index contributed by atoms with van der Waals surface area (Å²) in [4.78, 5) is 2.29. The fraction of sp³-hybridized carbons (Fsp3) is 0. The van der Waals surface area contributed by atoms with E-state index in [1.54, 1.807) is 6.08 Å². The van der Waals surface area contributed by atoms with Crippen LogP contribution in [0.25, 0.3) is 37.0 Å². The number of hydrogen-bond acceptors (Lipinski definition) is 4. The average Bonchev–Trinajstić information content (AvgIpc) is 3.29. The van der Waals surface area contributed by atoms with Crippen LogP contribution in [-0.2, 0) is 0 Å². The fourth-order valence-corrected chi connectivity index (χ4v) is 6.30. The Balaban J connectivity index is 1.42. The normalized spacial score (nSPS) is 13.0. The van der Waals surface area contributed by atoms with Crippen LogP contribution in [0.1, 0.15) is 11.1 Å². The summed E-state index contributed by atoms with van der Waals surface area (Å²) in [5.41, 5.74) is 5.61. The molecule has 4 heteroatoms. The second-order valence-corrected chi connectivity index (χ2v) is 10.1. The Hall–Kier alpha value is -4.54. The van der Waals surface area contributed by atoms with Crippen LogP contribution >= 0.6 is 11.3 Å². The Kier molecular flexibility index (Phi) is 4.63. The summed E-state index contributed by atoms with van der Waals surface area (Å²) < 4.78 is 2.57. The zero-order chi connectivity index (χ0) is 24.2. The number of thiophene rings is 1. The molecule has 6 aromatic rings. The first-order valence-electron chi connectivity index (χ1n) is 11.9. The SMILES string of the molecule is N=C1C=Cc2ccc3cc(N(c4ccccc4)c4ccc5c(c4)sc4ccccc45)ccc3c2C1=N. The molecule has 1 aliphatic carbocycles. The van der Waals surface area contributed by atoms with E-state index in [-0.39, 0.29) is 11.4 Å². The van der Waals surface area contributed by atoms with E-state index in [2.05, 4.69) is 102 Å². The van der Waals surface area contributed by atoms with Crippen molar-refractivity contribution in [3.63, 3.8) is 0 Å². The van der Waals surface area contributed by atoms with E-state index in [1.807, 2.05) is 23.5 Å². The van der Waals surface area contributed by atoms with Gasteiger partial charge >= 0.3 is 0 Å². The quantitative estimate of drug-likeness (QED) is 0.261. The lowest BCUT2D eigenvalue weighted by molar-refractivity contribution is 1.30. The standard InChI is InChI=1S/C32H21N3S/c33-28-17-12-20-10-11-21-18-23(13-15-25(21)31(20)32(28)34)35(22-6-2-1-3-7-22)24-14-16-27-26-8-4-5-9-29(26)36-30(27)19-24/h1-19,33-34H. The van der Waals surface area contributed by atoms with Gasteiger partial charge in [-0.1, -0.05) is 66.7 Å². The van der Waals surface area contributed by atoms with Crippen molar-refractivity contribution in [2.24, 2.45) is 0 Å². The highest BCUT2D eigenvalue weighted by Crippen LogP contribution is 2.41. The number of para-hydroxylation sites is 1. The van der Waals surface area contributed by atoms with Crippen molar-refractivity contribution in [3.05, 3.63) is 120 Å². The van der Waals surface area contributed by atoms with E-state index in [1.165, 1.54) is 20.2 Å². The first-order chi connectivity index (χ1) is 17.7. The van der Waals surface area contributed by atoms with E-state index in [9.17, 15) is 0 Å². The molecule has 0 bridgehead atoms. The molecule has 0 radical (unpaired) electrons. The molecule has 2 N–H and O–H groups in total. The summed E-state index contributed by atoms with van der Waals surface area (Å²) in [6.45, 7) is 0. The molecule has 0 amide bonds. The van der Waals surface area contributed by atoms with Crippen molar-refractivity contribution in [1.82, 2.24) is 0 Å². The van der Waals surface area contributed by atoms with Crippen molar-refractivity contribution >= 4 is 76.8 Å². The predicted molar refractivity (Wildman–Crippen MR) is 155 cm³/mol. The number of nitrogens with zero attached hydrogens (tertiary/aromatic N) is 1. The molecule has 170 valence electrons. The van der Waals surface area contributed by atoms with Crippen LogP contribution in [0.4, 0.5) is 17.1 Å². The first kappa shape index (κ1) is 20.8. The van der Waals surface area contributed by atoms with Gasteiger partial charge in [-0.3, -0.25) is 10.8 Å². The Morgan fingerprint density at radius 1 is 0.556 bits per heavy atom. The zero-order valence-corrected chi connectivity index (χ0v) is 20.1. The van der Waals surface area contributed by atoms with Crippen LogP contribution in [0.5, 0.6) is 0 Å². The lowest BCUT2D eigenvalue weighted by atomic mass is 9.89. The highest BCUT2D eigenvalue weighted by molar-refractivity contribution is 7.25. The van der Waals surface area contributed by atoms with Crippen molar-refractivity contribution in [2.75, 3.05) is 4.90 Å². The molecule has 1 heterocycles. The van der Waals surface area contributed by atoms with Crippen LogP contribution in [0.3, 0.4) is 0 Å². The van der Waals surface area contributed by atoms with Gasteiger partial charge in [-0.25, -0.2) is 0 Å². The van der Waals surface area contributed by atoms with E-state index in [4.69, 9.17) is 10.8 Å². The molecular weight excluding hydrogens is 458 g/mol. The maximum absolute atomic E-state index is 8.50. The molecule has 5 aromatic carbocycles. The summed E-state index contributed by atoms with van der Waals surface area (Å²) in [5, 5.41) is 21.3. The van der Waals surface area contributed by atoms with Crippen LogP contribution in [-0.4, -0.2) is 11.4 Å². The summed E-state index contributed by atoms with van der Waals surface area (Å²) in [5.74, 6) is 0. The summed E-state index contributed by atoms with van der Waals surface area (Å²) in [7, 11) is 0. The molecule has 0 fully saturated rings. The molecular formula is C32H21N3S. The van der Waals surface area contributed by atoms with Crippen molar-refractivity contribution in [3.8, 4) is 0 Å². The van der Waals surface area contributed by atoms with E-state index < -0.39 is 0 Å². The van der Waals surface area contributed by atoms with Gasteiger partial charge in [0.1, 0.15) is 0 Å². The summed E-state index contributed by atoms with van der Waals surface area (Å²) >= 11 is 1.83. The second-order valence-electron chi connectivity index (χ2n) is 9.01. The van der Waals surface area contributed by atoms with Crippen LogP contribution < -0.4 is 4.90 Å². The first-order valence-corrected chi connectivity index (χ1v) is 12.7. The molecule has 1 aliphatic rings. The van der Waals surface area contributed by atoms with Gasteiger partial charge in [0.25, 0.3) is 0 Å². The molecule has 0 unspecified atom stereocenters. The van der Waals surface area contributed by atoms with Crippen molar-refractivity contribution < 1.29 is 0 Å². The van der Waals surface area contributed by atoms with E-state index in [0.717, 1.165) is 39.0 Å². The molecule has 0 aliphatic heterocycles. The summed E-state index contributed by atoms with van der Waals surface area (Å²) in [6.07, 6.45) is 3.63. The largest absolute Gasteiger partial charge is 0.310 e. The van der Waals surface area contributed by atoms with E-state index in [0.29, 0.717) is 0 Å². The Morgan fingerprint density at radius 3 is 2.14 bits per heavy atom. The van der Waals surface area contributed by atoms with Gasteiger partial charge in [0.15, 0.2) is 0 Å². The lowest BCUT2D eigenvalue weighted by Gasteiger charge is -2.26. The van der Waals surface area contributed by atoms with Crippen molar-refractivity contribution in [1.29, 1.82) is 10.8 Å². The monoisotopic (exact) mass is 479 g/mol. The predicted octanol–water partition coefficient (Wildman–Crippen LogP) is 9.09. The van der Waals surface area contributed by atoms with Gasteiger partial charge in [0, 0.05) is 42.8 Å². The van der Waals surface area contributed by atoms with Gasteiger partial charge in [0.05, 0.1) is 11.4 Å². The van der Waals surface area contributed by atoms with Crippen LogP contribution in [0, 0.1) is 10.8 Å². The minimum Gasteiger partial charge on any atom is -0.310 e. The minimum absolute atomic E-state index is 0.252. The molecule has 36 heavy (non-hydrogen) atoms. The smallest absolute Gasteiger partial charge is 0.0873 e. The number of fused-ring (bicyclic) bond motifs is 6. The third kappa shape index (κ3) is 3.19. The fourth-order valence-electron chi connectivity index (χ4n) is 5.16. The molecule has 0 spiro atoms. The molecule has 1 aromatic heterocycles. The number of anilines is 3. The van der Waals surface area contributed by atoms with Gasteiger partial charge in [0.2, 0.25) is 0 Å². The third-order valence-electron chi connectivity index (χ3n) is 6.88. The Morgan fingerprint density at radius 2 is 1.28 bits per heavy atom. The number of benzene rings is 5. The molecule has 0 saturated carbocycles. The molecule has 0 saturated heterocycles. The van der Waals surface area contributed by atoms with E-state index >= 15 is 0 Å². The lowest BCUT2D eigenvalue weighted by Crippen LogP contribution is -2.16. The summed E-state index contributed by atoms with van der Waals surface area (Å²) in [6, 6.07) is 36.3. The van der Waals surface area contributed by atoms with Crippen LogP contribution in [0.2, 0.25) is 0 Å². The van der Waals surface area contributed by atoms with Gasteiger partial charge in [-0.2, -0.15) is 0 Å². The number of nitrogens with one attached hydrogen (secondary N) is 2. The maximum atomic E-state index is 8.50. The zero-order valence-electron chi connectivity index (χ0n) is 19.3. The molecule has 3 nitrogen and oxygen atoms in total. The highest BCUT2D eigenvalue weighted by atomic mass is 32.1. The molecule has 0 atom stereocenters. The highest BCUT2D eigenvalue weighted by Gasteiger charge is 2.19. The minimum atomic E-state index is 0.252. The maximum Gasteiger partial charge on any atom is 0.0873 e. The molecule has 7 rings (SSSR count). The topological polar surface area (TPSA) is 50.9 Å².